The minimum Gasteiger partial charge on any atom is -0.484 e. The average Bonchev–Trinajstić information content (AvgIpc) is 3.33. The Labute approximate surface area is 168 Å². The number of hydrogen-bond donors (Lipinski definition) is 1. The van der Waals surface area contributed by atoms with Crippen molar-refractivity contribution in [3.63, 3.8) is 0 Å². The molecule has 0 saturated carbocycles. The third-order valence-corrected chi connectivity index (χ3v) is 4.59. The van der Waals surface area contributed by atoms with Crippen LogP contribution in [0.3, 0.4) is 0 Å². The average molecular weight is 426 g/mol. The van der Waals surface area contributed by atoms with E-state index in [0.29, 0.717) is 29.0 Å². The van der Waals surface area contributed by atoms with Gasteiger partial charge in [-0.2, -0.15) is 13.2 Å². The van der Waals surface area contributed by atoms with Gasteiger partial charge in [-0.05, 0) is 31.2 Å². The highest BCUT2D eigenvalue weighted by Gasteiger charge is 2.28. The van der Waals surface area contributed by atoms with E-state index in [2.05, 4.69) is 20.3 Å². The lowest BCUT2D eigenvalue weighted by atomic mass is 10.3. The molecule has 3 rings (SSSR count). The Kier molecular flexibility index (Phi) is 6.47. The first-order valence-electron chi connectivity index (χ1n) is 8.55. The molecule has 2 heterocycles. The normalized spacial score (nSPS) is 11.4. The van der Waals surface area contributed by atoms with Crippen LogP contribution in [0.1, 0.15) is 6.92 Å². The van der Waals surface area contributed by atoms with Gasteiger partial charge < -0.3 is 14.5 Å². The fourth-order valence-electron chi connectivity index (χ4n) is 2.42. The Morgan fingerprint density at radius 3 is 2.79 bits per heavy atom. The number of amides is 1. The number of carbonyl (C=O) groups is 1. The number of furan rings is 1. The summed E-state index contributed by atoms with van der Waals surface area (Å²) in [4.78, 5) is 12.2. The molecular weight excluding hydrogens is 409 g/mol. The second kappa shape index (κ2) is 9.03. The van der Waals surface area contributed by atoms with E-state index in [0.717, 1.165) is 0 Å². The van der Waals surface area contributed by atoms with E-state index < -0.39 is 12.8 Å². The SMILES string of the molecule is CCn1c(SCC(=O)Nc2cccc(OCC(F)(F)F)c2)nnc1-c1ccco1. The zero-order valence-corrected chi connectivity index (χ0v) is 16.1. The van der Waals surface area contributed by atoms with Gasteiger partial charge >= 0.3 is 6.18 Å². The quantitative estimate of drug-likeness (QED) is 0.543. The van der Waals surface area contributed by atoms with E-state index in [1.54, 1.807) is 18.2 Å². The zero-order valence-electron chi connectivity index (χ0n) is 15.3. The third-order valence-electron chi connectivity index (χ3n) is 3.63. The first-order valence-corrected chi connectivity index (χ1v) is 9.53. The lowest BCUT2D eigenvalue weighted by molar-refractivity contribution is -0.153. The lowest BCUT2D eigenvalue weighted by Crippen LogP contribution is -2.19. The maximum absolute atomic E-state index is 12.3. The van der Waals surface area contributed by atoms with Gasteiger partial charge in [-0.15, -0.1) is 10.2 Å². The van der Waals surface area contributed by atoms with Crippen LogP contribution in [0.15, 0.2) is 52.2 Å². The summed E-state index contributed by atoms with van der Waals surface area (Å²) in [6, 6.07) is 9.29. The molecule has 11 heteroatoms. The molecule has 0 radical (unpaired) electrons. The minimum atomic E-state index is -4.43. The Bertz CT molecular complexity index is 958. The van der Waals surface area contributed by atoms with Crippen LogP contribution in [0.5, 0.6) is 5.75 Å². The van der Waals surface area contributed by atoms with E-state index in [9.17, 15) is 18.0 Å². The number of thioether (sulfide) groups is 1. The smallest absolute Gasteiger partial charge is 0.422 e. The summed E-state index contributed by atoms with van der Waals surface area (Å²) < 4.78 is 48.6. The number of anilines is 1. The molecule has 0 saturated heterocycles. The molecule has 0 aliphatic rings. The largest absolute Gasteiger partial charge is 0.484 e. The van der Waals surface area contributed by atoms with Crippen LogP contribution in [0, 0.1) is 0 Å². The molecule has 7 nitrogen and oxygen atoms in total. The highest BCUT2D eigenvalue weighted by molar-refractivity contribution is 7.99. The van der Waals surface area contributed by atoms with Crippen molar-refractivity contribution in [1.29, 1.82) is 0 Å². The van der Waals surface area contributed by atoms with Crippen LogP contribution in [-0.2, 0) is 11.3 Å². The Balaban J connectivity index is 1.58. The van der Waals surface area contributed by atoms with E-state index in [1.165, 1.54) is 36.2 Å². The van der Waals surface area contributed by atoms with Crippen LogP contribution in [-0.4, -0.2) is 39.2 Å². The van der Waals surface area contributed by atoms with Crippen molar-refractivity contribution in [3.05, 3.63) is 42.7 Å². The summed E-state index contributed by atoms with van der Waals surface area (Å²) in [5.74, 6) is 0.861. The molecular formula is C18H17F3N4O3S. The monoisotopic (exact) mass is 426 g/mol. The highest BCUT2D eigenvalue weighted by atomic mass is 32.2. The molecule has 0 aliphatic carbocycles. The van der Waals surface area contributed by atoms with Crippen molar-refractivity contribution in [2.24, 2.45) is 0 Å². The second-order valence-electron chi connectivity index (χ2n) is 5.80. The van der Waals surface area contributed by atoms with Gasteiger partial charge in [0.2, 0.25) is 5.91 Å². The molecule has 154 valence electrons. The third kappa shape index (κ3) is 5.76. The Morgan fingerprint density at radius 2 is 2.10 bits per heavy atom. The number of nitrogens with zero attached hydrogens (tertiary/aromatic N) is 3. The number of aromatic nitrogens is 3. The lowest BCUT2D eigenvalue weighted by Gasteiger charge is -2.11. The molecule has 3 aromatic rings. The second-order valence-corrected chi connectivity index (χ2v) is 6.74. The number of alkyl halides is 3. The molecule has 1 amide bonds. The molecule has 0 bridgehead atoms. The molecule has 0 fully saturated rings. The van der Waals surface area contributed by atoms with Gasteiger partial charge in [-0.3, -0.25) is 9.36 Å². The van der Waals surface area contributed by atoms with Gasteiger partial charge in [0.15, 0.2) is 23.3 Å². The van der Waals surface area contributed by atoms with E-state index in [4.69, 9.17) is 4.42 Å². The maximum Gasteiger partial charge on any atom is 0.422 e. The van der Waals surface area contributed by atoms with Gasteiger partial charge in [0, 0.05) is 18.3 Å². The number of benzene rings is 1. The van der Waals surface area contributed by atoms with Crippen molar-refractivity contribution in [2.45, 2.75) is 24.8 Å². The van der Waals surface area contributed by atoms with Gasteiger partial charge in [0.05, 0.1) is 12.0 Å². The summed E-state index contributed by atoms with van der Waals surface area (Å²) in [6.45, 7) is 1.11. The van der Waals surface area contributed by atoms with Crippen LogP contribution >= 0.6 is 11.8 Å². The molecule has 0 atom stereocenters. The van der Waals surface area contributed by atoms with Gasteiger partial charge in [-0.1, -0.05) is 17.8 Å². The Hall–Kier alpha value is -2.95. The summed E-state index contributed by atoms with van der Waals surface area (Å²) in [6.07, 6.45) is -2.89. The van der Waals surface area contributed by atoms with Crippen LogP contribution < -0.4 is 10.1 Å². The number of nitrogens with one attached hydrogen (secondary N) is 1. The number of hydrogen-bond acceptors (Lipinski definition) is 6. The summed E-state index contributed by atoms with van der Waals surface area (Å²) in [5, 5.41) is 11.4. The molecule has 1 aromatic carbocycles. The van der Waals surface area contributed by atoms with E-state index in [-0.39, 0.29) is 17.4 Å². The topological polar surface area (TPSA) is 82.2 Å². The predicted octanol–water partition coefficient (Wildman–Crippen LogP) is 4.23. The maximum atomic E-state index is 12.3. The molecule has 0 aliphatic heterocycles. The minimum absolute atomic E-state index is 0.0154. The number of carbonyl (C=O) groups excluding carboxylic acids is 1. The number of ether oxygens (including phenoxy) is 1. The summed E-state index contributed by atoms with van der Waals surface area (Å²) in [7, 11) is 0. The summed E-state index contributed by atoms with van der Waals surface area (Å²) in [5.41, 5.74) is 0.337. The number of halogens is 3. The van der Waals surface area contributed by atoms with Gasteiger partial charge in [-0.25, -0.2) is 0 Å². The first kappa shape index (κ1) is 20.8. The van der Waals surface area contributed by atoms with Crippen molar-refractivity contribution in [3.8, 4) is 17.3 Å². The fourth-order valence-corrected chi connectivity index (χ4v) is 3.23. The molecule has 0 spiro atoms. The van der Waals surface area contributed by atoms with Crippen molar-refractivity contribution >= 4 is 23.4 Å². The van der Waals surface area contributed by atoms with Crippen molar-refractivity contribution in [2.75, 3.05) is 17.7 Å². The number of rotatable bonds is 8. The Morgan fingerprint density at radius 1 is 1.28 bits per heavy atom. The van der Waals surface area contributed by atoms with Crippen molar-refractivity contribution < 1.29 is 27.1 Å². The van der Waals surface area contributed by atoms with Gasteiger partial charge in [0.1, 0.15) is 5.75 Å². The van der Waals surface area contributed by atoms with Crippen LogP contribution in [0.25, 0.3) is 11.6 Å². The van der Waals surface area contributed by atoms with E-state index in [1.807, 2.05) is 11.5 Å². The molecule has 29 heavy (non-hydrogen) atoms. The predicted molar refractivity (Wildman–Crippen MR) is 101 cm³/mol. The van der Waals surface area contributed by atoms with Crippen LogP contribution in [0.4, 0.5) is 18.9 Å². The first-order chi connectivity index (χ1) is 13.9. The van der Waals surface area contributed by atoms with Crippen molar-refractivity contribution in [1.82, 2.24) is 14.8 Å². The molecule has 0 unspecified atom stereocenters. The highest BCUT2D eigenvalue weighted by Crippen LogP contribution is 2.25. The summed E-state index contributed by atoms with van der Waals surface area (Å²) >= 11 is 1.19. The zero-order chi connectivity index (χ0) is 20.9. The fraction of sp³-hybridized carbons (Fsp3) is 0.278. The van der Waals surface area contributed by atoms with Gasteiger partial charge in [0.25, 0.3) is 0 Å². The molecule has 1 N–H and O–H groups in total. The standard InChI is InChI=1S/C18H17F3N4O3S/c1-2-25-16(14-7-4-8-27-14)23-24-17(25)29-10-15(26)22-12-5-3-6-13(9-12)28-11-18(19,20)21/h3-9H,2,10-11H2,1H3,(H,22,26). The van der Waals surface area contributed by atoms with Crippen LogP contribution in [0.2, 0.25) is 0 Å². The molecule has 2 aromatic heterocycles. The van der Waals surface area contributed by atoms with E-state index >= 15 is 0 Å².